The van der Waals surface area contributed by atoms with Crippen LogP contribution in [0.1, 0.15) is 29.8 Å². The summed E-state index contributed by atoms with van der Waals surface area (Å²) in [6, 6.07) is 11.1. The van der Waals surface area contributed by atoms with Crippen LogP contribution in [0.25, 0.3) is 0 Å². The first-order chi connectivity index (χ1) is 16.7. The predicted molar refractivity (Wildman–Crippen MR) is 131 cm³/mol. The maximum atomic E-state index is 14.1. The predicted octanol–water partition coefficient (Wildman–Crippen LogP) is 2.68. The van der Waals surface area contributed by atoms with Gasteiger partial charge in [-0.15, -0.1) is 0 Å². The standard InChI is InChI=1S/C25H29FN4O4S/c1-18(2)35(32,33)21-5-6-24(29-11-13-34-14-12-29)22(16-21)25(31)30-9-7-28(8-10-30)20-4-3-19(17-27)23(26)15-20/h3-6,15-16,18H,7-14H2,1-2H3. The highest BCUT2D eigenvalue weighted by Crippen LogP contribution is 2.29. The van der Waals surface area contributed by atoms with Crippen molar-refractivity contribution >= 4 is 27.1 Å². The molecule has 10 heteroatoms. The number of anilines is 2. The van der Waals surface area contributed by atoms with Crippen molar-refractivity contribution in [2.24, 2.45) is 0 Å². The topological polar surface area (TPSA) is 93.9 Å². The molecule has 2 aromatic carbocycles. The molecule has 0 radical (unpaired) electrons. The van der Waals surface area contributed by atoms with E-state index in [2.05, 4.69) is 4.90 Å². The smallest absolute Gasteiger partial charge is 0.256 e. The van der Waals surface area contributed by atoms with Gasteiger partial charge in [0.15, 0.2) is 9.84 Å². The first-order valence-corrected chi connectivity index (χ1v) is 13.2. The summed E-state index contributed by atoms with van der Waals surface area (Å²) in [5.41, 5.74) is 1.73. The summed E-state index contributed by atoms with van der Waals surface area (Å²) in [6.45, 7) is 7.37. The lowest BCUT2D eigenvalue weighted by atomic mass is 10.1. The van der Waals surface area contributed by atoms with Gasteiger partial charge in [-0.05, 0) is 50.2 Å². The van der Waals surface area contributed by atoms with Crippen LogP contribution in [-0.4, -0.2) is 77.0 Å². The number of halogens is 1. The van der Waals surface area contributed by atoms with Gasteiger partial charge in [0.05, 0.1) is 34.5 Å². The fourth-order valence-corrected chi connectivity index (χ4v) is 5.43. The molecule has 0 unspecified atom stereocenters. The van der Waals surface area contributed by atoms with Crippen LogP contribution in [0.4, 0.5) is 15.8 Å². The minimum absolute atomic E-state index is 0.00515. The van der Waals surface area contributed by atoms with Crippen molar-refractivity contribution in [3.8, 4) is 6.07 Å². The molecule has 2 heterocycles. The largest absolute Gasteiger partial charge is 0.378 e. The van der Waals surface area contributed by atoms with Gasteiger partial charge in [0.1, 0.15) is 11.9 Å². The van der Waals surface area contributed by atoms with E-state index in [-0.39, 0.29) is 16.4 Å². The normalized spacial score (nSPS) is 16.9. The van der Waals surface area contributed by atoms with Crippen molar-refractivity contribution in [1.29, 1.82) is 5.26 Å². The average molecular weight is 501 g/mol. The molecule has 0 spiro atoms. The van der Waals surface area contributed by atoms with Crippen LogP contribution >= 0.6 is 0 Å². The highest BCUT2D eigenvalue weighted by molar-refractivity contribution is 7.92. The Bertz CT molecular complexity index is 1240. The number of ether oxygens (including phenoxy) is 1. The zero-order valence-electron chi connectivity index (χ0n) is 19.9. The molecule has 2 aliphatic heterocycles. The number of rotatable bonds is 5. The molecule has 0 aromatic heterocycles. The molecule has 0 atom stereocenters. The molecule has 2 aliphatic rings. The number of nitriles is 1. The Morgan fingerprint density at radius 3 is 2.29 bits per heavy atom. The van der Waals surface area contributed by atoms with Gasteiger partial charge in [0.25, 0.3) is 5.91 Å². The van der Waals surface area contributed by atoms with Gasteiger partial charge >= 0.3 is 0 Å². The molecule has 2 saturated heterocycles. The Labute approximate surface area is 205 Å². The fraction of sp³-hybridized carbons (Fsp3) is 0.440. The number of sulfone groups is 1. The van der Waals surface area contributed by atoms with Crippen LogP contribution in [-0.2, 0) is 14.6 Å². The molecule has 8 nitrogen and oxygen atoms in total. The third kappa shape index (κ3) is 5.11. The lowest BCUT2D eigenvalue weighted by Crippen LogP contribution is -2.49. The summed E-state index contributed by atoms with van der Waals surface area (Å²) in [4.78, 5) is 19.5. The molecule has 0 saturated carbocycles. The second-order valence-electron chi connectivity index (χ2n) is 8.93. The first-order valence-electron chi connectivity index (χ1n) is 11.7. The molecular weight excluding hydrogens is 471 g/mol. The van der Waals surface area contributed by atoms with Gasteiger partial charge in [0.2, 0.25) is 0 Å². The lowest BCUT2D eigenvalue weighted by molar-refractivity contribution is 0.0746. The summed E-state index contributed by atoms with van der Waals surface area (Å²) in [5, 5.41) is 8.34. The van der Waals surface area contributed by atoms with Crippen LogP contribution in [0, 0.1) is 17.1 Å². The molecule has 35 heavy (non-hydrogen) atoms. The van der Waals surface area contributed by atoms with E-state index < -0.39 is 20.9 Å². The van der Waals surface area contributed by atoms with Gasteiger partial charge in [0, 0.05) is 50.6 Å². The SMILES string of the molecule is CC(C)S(=O)(=O)c1ccc(N2CCOCC2)c(C(=O)N2CCN(c3ccc(C#N)c(F)c3)CC2)c1. The molecular formula is C25H29FN4O4S. The first kappa shape index (κ1) is 24.9. The summed E-state index contributed by atoms with van der Waals surface area (Å²) in [6.07, 6.45) is 0. The van der Waals surface area contributed by atoms with E-state index in [0.717, 1.165) is 0 Å². The number of morpholine rings is 1. The third-order valence-corrected chi connectivity index (χ3v) is 8.66. The zero-order chi connectivity index (χ0) is 25.2. The van der Waals surface area contributed by atoms with Crippen LogP contribution < -0.4 is 9.80 Å². The quantitative estimate of drug-likeness (QED) is 0.623. The fourth-order valence-electron chi connectivity index (χ4n) is 4.35. The maximum absolute atomic E-state index is 14.1. The number of carbonyl (C=O) groups excluding carboxylic acids is 1. The molecule has 1 amide bonds. The van der Waals surface area contributed by atoms with Crippen LogP contribution in [0.3, 0.4) is 0 Å². The molecule has 2 fully saturated rings. The van der Waals surface area contributed by atoms with Crippen molar-refractivity contribution in [2.45, 2.75) is 24.0 Å². The number of amides is 1. The number of benzene rings is 2. The molecule has 186 valence electrons. The second kappa shape index (κ2) is 10.2. The van der Waals surface area contributed by atoms with E-state index in [1.807, 2.05) is 11.0 Å². The summed E-state index contributed by atoms with van der Waals surface area (Å²) in [5.74, 6) is -0.792. The van der Waals surface area contributed by atoms with Crippen molar-refractivity contribution in [2.75, 3.05) is 62.3 Å². The van der Waals surface area contributed by atoms with E-state index >= 15 is 0 Å². The van der Waals surface area contributed by atoms with Crippen LogP contribution in [0.5, 0.6) is 0 Å². The molecule has 0 aliphatic carbocycles. The Hall–Kier alpha value is -3.16. The lowest BCUT2D eigenvalue weighted by Gasteiger charge is -2.37. The van der Waals surface area contributed by atoms with E-state index in [1.54, 1.807) is 36.9 Å². The second-order valence-corrected chi connectivity index (χ2v) is 11.4. The summed E-state index contributed by atoms with van der Waals surface area (Å²) >= 11 is 0. The van der Waals surface area contributed by atoms with Crippen LogP contribution in [0.2, 0.25) is 0 Å². The monoisotopic (exact) mass is 500 g/mol. The van der Waals surface area contributed by atoms with Crippen molar-refractivity contribution in [3.05, 3.63) is 53.3 Å². The Balaban J connectivity index is 1.58. The minimum atomic E-state index is -3.55. The Kier molecular flexibility index (Phi) is 7.28. The van der Waals surface area contributed by atoms with Crippen molar-refractivity contribution in [1.82, 2.24) is 4.90 Å². The number of hydrogen-bond donors (Lipinski definition) is 0. The average Bonchev–Trinajstić information content (AvgIpc) is 2.88. The molecule has 4 rings (SSSR count). The molecule has 0 bridgehead atoms. The zero-order valence-corrected chi connectivity index (χ0v) is 20.7. The number of nitrogens with zero attached hydrogens (tertiary/aromatic N) is 4. The van der Waals surface area contributed by atoms with E-state index in [1.165, 1.54) is 18.2 Å². The van der Waals surface area contributed by atoms with Gasteiger partial charge in [-0.25, -0.2) is 12.8 Å². The third-order valence-electron chi connectivity index (χ3n) is 6.50. The number of carbonyl (C=O) groups is 1. The highest BCUT2D eigenvalue weighted by Gasteiger charge is 2.29. The van der Waals surface area contributed by atoms with E-state index in [9.17, 15) is 17.6 Å². The Morgan fingerprint density at radius 1 is 1.00 bits per heavy atom. The molecule has 2 aromatic rings. The molecule has 0 N–H and O–H groups in total. The van der Waals surface area contributed by atoms with Crippen molar-refractivity contribution in [3.63, 3.8) is 0 Å². The maximum Gasteiger partial charge on any atom is 0.256 e. The van der Waals surface area contributed by atoms with Crippen molar-refractivity contribution < 1.29 is 22.3 Å². The van der Waals surface area contributed by atoms with E-state index in [4.69, 9.17) is 10.00 Å². The highest BCUT2D eigenvalue weighted by atomic mass is 32.2. The minimum Gasteiger partial charge on any atom is -0.378 e. The van der Waals surface area contributed by atoms with Gasteiger partial charge in [-0.1, -0.05) is 0 Å². The van der Waals surface area contributed by atoms with Crippen LogP contribution in [0.15, 0.2) is 41.3 Å². The Morgan fingerprint density at radius 2 is 1.69 bits per heavy atom. The van der Waals surface area contributed by atoms with Gasteiger partial charge in [-0.2, -0.15) is 5.26 Å². The van der Waals surface area contributed by atoms with Gasteiger partial charge < -0.3 is 19.4 Å². The summed E-state index contributed by atoms with van der Waals surface area (Å²) < 4.78 is 45.2. The number of hydrogen-bond acceptors (Lipinski definition) is 7. The summed E-state index contributed by atoms with van der Waals surface area (Å²) in [7, 11) is -3.55. The van der Waals surface area contributed by atoms with E-state index in [0.29, 0.717) is 69.4 Å². The number of piperazine rings is 1. The van der Waals surface area contributed by atoms with Gasteiger partial charge in [-0.3, -0.25) is 4.79 Å².